The van der Waals surface area contributed by atoms with E-state index in [1.54, 1.807) is 11.1 Å². The minimum absolute atomic E-state index is 0.0857. The predicted octanol–water partition coefficient (Wildman–Crippen LogP) is 3.49. The van der Waals surface area contributed by atoms with Crippen LogP contribution in [0.4, 0.5) is 0 Å². The summed E-state index contributed by atoms with van der Waals surface area (Å²) in [6.45, 7) is 0.923. The largest absolute Gasteiger partial charge is 0.340 e. The first-order valence-electron chi connectivity index (χ1n) is 8.57. The minimum atomic E-state index is 0.0857. The molecule has 5 heteroatoms. The Hall–Kier alpha value is -3.34. The molecule has 0 saturated carbocycles. The Balaban J connectivity index is 1.42. The zero-order valence-corrected chi connectivity index (χ0v) is 14.6. The second-order valence-electron chi connectivity index (χ2n) is 6.37. The van der Waals surface area contributed by atoms with Gasteiger partial charge >= 0.3 is 0 Å². The van der Waals surface area contributed by atoms with Crippen molar-refractivity contribution in [3.05, 3.63) is 84.8 Å². The standard InChI is InChI=1S/C21H20N4O/c1-23(15-17-7-9-19(10-8-17)25-13-4-12-22-25)21(26)16-24-14-11-18-5-2-3-6-20(18)24/h2-14H,15-16H2,1H3. The average molecular weight is 344 g/mol. The smallest absolute Gasteiger partial charge is 0.242 e. The number of rotatable bonds is 5. The van der Waals surface area contributed by atoms with Crippen LogP contribution in [0.1, 0.15) is 5.56 Å². The van der Waals surface area contributed by atoms with Gasteiger partial charge in [0.15, 0.2) is 0 Å². The van der Waals surface area contributed by atoms with E-state index in [0.29, 0.717) is 13.1 Å². The van der Waals surface area contributed by atoms with Crippen LogP contribution in [0.3, 0.4) is 0 Å². The van der Waals surface area contributed by atoms with Gasteiger partial charge in [0.05, 0.1) is 5.69 Å². The maximum atomic E-state index is 12.6. The zero-order valence-electron chi connectivity index (χ0n) is 14.6. The van der Waals surface area contributed by atoms with Crippen molar-refractivity contribution in [1.82, 2.24) is 19.2 Å². The van der Waals surface area contributed by atoms with Gasteiger partial charge in [-0.25, -0.2) is 4.68 Å². The first-order valence-corrected chi connectivity index (χ1v) is 8.57. The maximum Gasteiger partial charge on any atom is 0.242 e. The number of amides is 1. The molecule has 0 atom stereocenters. The lowest BCUT2D eigenvalue weighted by molar-refractivity contribution is -0.131. The van der Waals surface area contributed by atoms with E-state index >= 15 is 0 Å². The molecular weight excluding hydrogens is 324 g/mol. The molecule has 5 nitrogen and oxygen atoms in total. The molecular formula is C21H20N4O. The Morgan fingerprint density at radius 2 is 1.81 bits per heavy atom. The molecule has 26 heavy (non-hydrogen) atoms. The fraction of sp³-hybridized carbons (Fsp3) is 0.143. The Morgan fingerprint density at radius 3 is 2.58 bits per heavy atom. The van der Waals surface area contributed by atoms with E-state index in [1.165, 1.54) is 0 Å². The van der Waals surface area contributed by atoms with Gasteiger partial charge in [-0.1, -0.05) is 30.3 Å². The van der Waals surface area contributed by atoms with Gasteiger partial charge in [0, 0.05) is 37.7 Å². The molecule has 0 N–H and O–H groups in total. The SMILES string of the molecule is CN(Cc1ccc(-n2cccn2)cc1)C(=O)Cn1ccc2ccccc21. The van der Waals surface area contributed by atoms with Crippen LogP contribution in [0.15, 0.2) is 79.3 Å². The lowest BCUT2D eigenvalue weighted by Crippen LogP contribution is -2.29. The second-order valence-corrected chi connectivity index (χ2v) is 6.37. The summed E-state index contributed by atoms with van der Waals surface area (Å²) in [4.78, 5) is 14.4. The number of hydrogen-bond donors (Lipinski definition) is 0. The third kappa shape index (κ3) is 3.24. The van der Waals surface area contributed by atoms with Crippen molar-refractivity contribution in [2.75, 3.05) is 7.05 Å². The van der Waals surface area contributed by atoms with Crippen LogP contribution in [-0.4, -0.2) is 32.2 Å². The molecule has 0 unspecified atom stereocenters. The highest BCUT2D eigenvalue weighted by atomic mass is 16.2. The fourth-order valence-corrected chi connectivity index (χ4v) is 3.08. The summed E-state index contributed by atoms with van der Waals surface area (Å²) < 4.78 is 3.81. The first-order chi connectivity index (χ1) is 12.7. The molecule has 0 aliphatic heterocycles. The minimum Gasteiger partial charge on any atom is -0.340 e. The third-order valence-electron chi connectivity index (χ3n) is 4.54. The van der Waals surface area contributed by atoms with E-state index in [4.69, 9.17) is 0 Å². The number of carbonyl (C=O) groups is 1. The van der Waals surface area contributed by atoms with Gasteiger partial charge in [0.1, 0.15) is 6.54 Å². The van der Waals surface area contributed by atoms with E-state index in [9.17, 15) is 4.79 Å². The van der Waals surface area contributed by atoms with Crippen LogP contribution < -0.4 is 0 Å². The van der Waals surface area contributed by atoms with Crippen LogP contribution in [-0.2, 0) is 17.9 Å². The Kier molecular flexibility index (Phi) is 4.27. The van der Waals surface area contributed by atoms with Crippen LogP contribution in [0, 0.1) is 0 Å². The van der Waals surface area contributed by atoms with Gasteiger partial charge in [-0.15, -0.1) is 0 Å². The zero-order chi connectivity index (χ0) is 17.9. The molecule has 0 aliphatic rings. The molecule has 2 aromatic carbocycles. The molecule has 0 spiro atoms. The van der Waals surface area contributed by atoms with Crippen molar-refractivity contribution in [2.24, 2.45) is 0 Å². The van der Waals surface area contributed by atoms with E-state index < -0.39 is 0 Å². The van der Waals surface area contributed by atoms with E-state index in [1.807, 2.05) is 83.3 Å². The van der Waals surface area contributed by atoms with Gasteiger partial charge in [-0.2, -0.15) is 5.10 Å². The van der Waals surface area contributed by atoms with Crippen molar-refractivity contribution < 1.29 is 4.79 Å². The number of hydrogen-bond acceptors (Lipinski definition) is 2. The number of fused-ring (bicyclic) bond motifs is 1. The highest BCUT2D eigenvalue weighted by molar-refractivity contribution is 5.83. The molecule has 0 aliphatic carbocycles. The summed E-state index contributed by atoms with van der Waals surface area (Å²) in [6, 6.07) is 20.1. The predicted molar refractivity (Wildman–Crippen MR) is 102 cm³/mol. The summed E-state index contributed by atoms with van der Waals surface area (Å²) >= 11 is 0. The van der Waals surface area contributed by atoms with Gasteiger partial charge in [0.25, 0.3) is 0 Å². The van der Waals surface area contributed by atoms with Gasteiger partial charge in [-0.3, -0.25) is 4.79 Å². The van der Waals surface area contributed by atoms with Crippen LogP contribution in [0.25, 0.3) is 16.6 Å². The Labute approximate surface area is 152 Å². The molecule has 0 fully saturated rings. The third-order valence-corrected chi connectivity index (χ3v) is 4.54. The first kappa shape index (κ1) is 16.1. The van der Waals surface area contributed by atoms with Crippen molar-refractivity contribution in [2.45, 2.75) is 13.1 Å². The average Bonchev–Trinajstić information content (AvgIpc) is 3.33. The summed E-state index contributed by atoms with van der Waals surface area (Å²) in [6.07, 6.45) is 5.63. The van der Waals surface area contributed by atoms with Crippen molar-refractivity contribution >= 4 is 16.8 Å². The molecule has 2 aromatic heterocycles. The lowest BCUT2D eigenvalue weighted by atomic mass is 10.2. The van der Waals surface area contributed by atoms with Crippen molar-refractivity contribution in [1.29, 1.82) is 0 Å². The molecule has 0 bridgehead atoms. The fourth-order valence-electron chi connectivity index (χ4n) is 3.08. The van der Waals surface area contributed by atoms with Crippen molar-refractivity contribution in [3.63, 3.8) is 0 Å². The number of para-hydroxylation sites is 1. The quantitative estimate of drug-likeness (QED) is 0.556. The lowest BCUT2D eigenvalue weighted by Gasteiger charge is -2.18. The maximum absolute atomic E-state index is 12.6. The van der Waals surface area contributed by atoms with Crippen LogP contribution in [0.5, 0.6) is 0 Å². The number of aromatic nitrogens is 3. The number of benzene rings is 2. The summed E-state index contributed by atoms with van der Waals surface area (Å²) in [5.41, 5.74) is 3.18. The molecule has 2 heterocycles. The van der Waals surface area contributed by atoms with E-state index in [0.717, 1.165) is 22.2 Å². The highest BCUT2D eigenvalue weighted by Gasteiger charge is 2.11. The van der Waals surface area contributed by atoms with Gasteiger partial charge < -0.3 is 9.47 Å². The van der Waals surface area contributed by atoms with E-state index in [-0.39, 0.29) is 5.91 Å². The van der Waals surface area contributed by atoms with Crippen LogP contribution in [0.2, 0.25) is 0 Å². The molecule has 0 radical (unpaired) electrons. The Morgan fingerprint density at radius 1 is 1.00 bits per heavy atom. The summed E-state index contributed by atoms with van der Waals surface area (Å²) in [7, 11) is 1.84. The number of carbonyl (C=O) groups excluding carboxylic acids is 1. The van der Waals surface area contributed by atoms with Gasteiger partial charge in [0.2, 0.25) is 5.91 Å². The van der Waals surface area contributed by atoms with Crippen molar-refractivity contribution in [3.8, 4) is 5.69 Å². The molecule has 0 saturated heterocycles. The summed E-state index contributed by atoms with van der Waals surface area (Å²) in [5, 5.41) is 5.37. The van der Waals surface area contributed by atoms with Gasteiger partial charge in [-0.05, 0) is 41.3 Å². The highest BCUT2D eigenvalue weighted by Crippen LogP contribution is 2.16. The molecule has 4 aromatic rings. The molecule has 1 amide bonds. The monoisotopic (exact) mass is 344 g/mol. The normalized spacial score (nSPS) is 11.0. The Bertz CT molecular complexity index is 1020. The second kappa shape index (κ2) is 6.88. The topological polar surface area (TPSA) is 43.1 Å². The number of nitrogens with zero attached hydrogens (tertiary/aromatic N) is 4. The summed E-state index contributed by atoms with van der Waals surface area (Å²) in [5.74, 6) is 0.0857. The molecule has 130 valence electrons. The molecule has 4 rings (SSSR count). The van der Waals surface area contributed by atoms with E-state index in [2.05, 4.69) is 11.2 Å². The number of likely N-dealkylation sites (N-methyl/N-ethyl adjacent to an activating group) is 1. The van der Waals surface area contributed by atoms with Crippen LogP contribution >= 0.6 is 0 Å².